The molecule has 1 atom stereocenters. The molecule has 1 saturated heterocycles. The van der Waals surface area contributed by atoms with Crippen molar-refractivity contribution < 1.29 is 4.74 Å². The van der Waals surface area contributed by atoms with Gasteiger partial charge >= 0.3 is 0 Å². The van der Waals surface area contributed by atoms with Crippen molar-refractivity contribution in [2.24, 2.45) is 5.41 Å². The minimum absolute atomic E-state index is 0.439. The third-order valence-electron chi connectivity index (χ3n) is 1.86. The number of hydrogen-bond acceptors (Lipinski definition) is 1. The second kappa shape index (κ2) is 2.91. The summed E-state index contributed by atoms with van der Waals surface area (Å²) in [7, 11) is 0. The Hall–Kier alpha value is -0.0400. The maximum atomic E-state index is 5.53. The fourth-order valence-electron chi connectivity index (χ4n) is 1.49. The van der Waals surface area contributed by atoms with E-state index in [4.69, 9.17) is 4.74 Å². The van der Waals surface area contributed by atoms with Gasteiger partial charge in [-0.1, -0.05) is 20.8 Å². The van der Waals surface area contributed by atoms with E-state index in [0.717, 1.165) is 6.61 Å². The normalized spacial score (nSPS) is 27.3. The molecule has 60 valence electrons. The molecule has 0 saturated carbocycles. The van der Waals surface area contributed by atoms with Gasteiger partial charge in [-0.15, -0.1) is 0 Å². The molecule has 1 fully saturated rings. The molecule has 0 aliphatic carbocycles. The lowest BCUT2D eigenvalue weighted by Gasteiger charge is -2.21. The van der Waals surface area contributed by atoms with Crippen LogP contribution in [0.4, 0.5) is 0 Å². The molecular weight excluding hydrogens is 124 g/mol. The first-order valence-electron chi connectivity index (χ1n) is 4.19. The molecule has 0 amide bonds. The summed E-state index contributed by atoms with van der Waals surface area (Å²) in [5, 5.41) is 0. The van der Waals surface area contributed by atoms with Crippen LogP contribution in [0.25, 0.3) is 0 Å². The van der Waals surface area contributed by atoms with Crippen LogP contribution in [0, 0.1) is 5.41 Å². The number of hydrogen-bond donors (Lipinski definition) is 0. The second-order valence-corrected chi connectivity index (χ2v) is 4.40. The molecule has 0 unspecified atom stereocenters. The van der Waals surface area contributed by atoms with Crippen molar-refractivity contribution in [1.82, 2.24) is 0 Å². The monoisotopic (exact) mass is 142 g/mol. The second-order valence-electron chi connectivity index (χ2n) is 4.40. The first-order chi connectivity index (χ1) is 4.58. The molecular formula is C9H18O. The van der Waals surface area contributed by atoms with Gasteiger partial charge in [-0.2, -0.15) is 0 Å². The highest BCUT2D eigenvalue weighted by molar-refractivity contribution is 4.72. The standard InChI is InChI=1S/C9H18O/c1-9(2,3)7-8-5-4-6-10-8/h8H,4-7H2,1-3H3/t8-/m1/s1. The van der Waals surface area contributed by atoms with Crippen LogP contribution >= 0.6 is 0 Å². The fourth-order valence-corrected chi connectivity index (χ4v) is 1.49. The lowest BCUT2D eigenvalue weighted by molar-refractivity contribution is 0.0763. The topological polar surface area (TPSA) is 9.23 Å². The van der Waals surface area contributed by atoms with Crippen LogP contribution in [0.15, 0.2) is 0 Å². The first-order valence-corrected chi connectivity index (χ1v) is 4.19. The van der Waals surface area contributed by atoms with E-state index in [1.807, 2.05) is 0 Å². The molecule has 10 heavy (non-hydrogen) atoms. The zero-order valence-electron chi connectivity index (χ0n) is 7.31. The Bertz CT molecular complexity index is 95.8. The summed E-state index contributed by atoms with van der Waals surface area (Å²) < 4.78 is 5.53. The molecule has 0 radical (unpaired) electrons. The maximum absolute atomic E-state index is 5.53. The Morgan fingerprint density at radius 2 is 2.10 bits per heavy atom. The third kappa shape index (κ3) is 2.70. The quantitative estimate of drug-likeness (QED) is 0.547. The van der Waals surface area contributed by atoms with Crippen LogP contribution in [0.5, 0.6) is 0 Å². The van der Waals surface area contributed by atoms with Gasteiger partial charge in [-0.25, -0.2) is 0 Å². The van der Waals surface area contributed by atoms with Gasteiger partial charge in [-0.3, -0.25) is 0 Å². The van der Waals surface area contributed by atoms with Gasteiger partial charge < -0.3 is 4.74 Å². The summed E-state index contributed by atoms with van der Waals surface area (Å²) in [6.45, 7) is 7.80. The average Bonchev–Trinajstić information content (AvgIpc) is 2.12. The van der Waals surface area contributed by atoms with Crippen molar-refractivity contribution in [3.8, 4) is 0 Å². The van der Waals surface area contributed by atoms with Crippen molar-refractivity contribution >= 4 is 0 Å². The van der Waals surface area contributed by atoms with Gasteiger partial charge in [-0.05, 0) is 24.7 Å². The van der Waals surface area contributed by atoms with Gasteiger partial charge in [0.1, 0.15) is 0 Å². The highest BCUT2D eigenvalue weighted by atomic mass is 16.5. The van der Waals surface area contributed by atoms with E-state index in [-0.39, 0.29) is 0 Å². The Morgan fingerprint density at radius 1 is 1.40 bits per heavy atom. The summed E-state index contributed by atoms with van der Waals surface area (Å²) in [4.78, 5) is 0. The summed E-state index contributed by atoms with van der Waals surface area (Å²) in [6, 6.07) is 0. The SMILES string of the molecule is CC(C)(C)C[C@H]1CCCO1. The van der Waals surface area contributed by atoms with Gasteiger partial charge in [0.05, 0.1) is 6.10 Å². The van der Waals surface area contributed by atoms with Crippen LogP contribution in [0.2, 0.25) is 0 Å². The van der Waals surface area contributed by atoms with E-state index < -0.39 is 0 Å². The van der Waals surface area contributed by atoms with E-state index in [2.05, 4.69) is 20.8 Å². The molecule has 1 nitrogen and oxygen atoms in total. The van der Waals surface area contributed by atoms with Gasteiger partial charge in [0, 0.05) is 6.61 Å². The molecule has 0 aromatic rings. The molecule has 1 aliphatic rings. The summed E-state index contributed by atoms with van der Waals surface area (Å²) in [5.74, 6) is 0. The smallest absolute Gasteiger partial charge is 0.0581 e. The molecule has 0 bridgehead atoms. The Labute approximate surface area is 63.8 Å². The molecule has 0 aromatic heterocycles. The molecule has 1 aliphatic heterocycles. The van der Waals surface area contributed by atoms with E-state index in [0.29, 0.717) is 11.5 Å². The Morgan fingerprint density at radius 3 is 2.50 bits per heavy atom. The number of rotatable bonds is 1. The molecule has 1 heterocycles. The Balaban J connectivity index is 2.24. The minimum Gasteiger partial charge on any atom is -0.378 e. The van der Waals surface area contributed by atoms with E-state index in [9.17, 15) is 0 Å². The highest BCUT2D eigenvalue weighted by Crippen LogP contribution is 2.27. The van der Waals surface area contributed by atoms with E-state index in [1.165, 1.54) is 19.3 Å². The largest absolute Gasteiger partial charge is 0.378 e. The van der Waals surface area contributed by atoms with Crippen LogP contribution in [0.3, 0.4) is 0 Å². The van der Waals surface area contributed by atoms with Gasteiger partial charge in [0.25, 0.3) is 0 Å². The van der Waals surface area contributed by atoms with Crippen molar-refractivity contribution in [3.63, 3.8) is 0 Å². The fraction of sp³-hybridized carbons (Fsp3) is 1.00. The lowest BCUT2D eigenvalue weighted by Crippen LogP contribution is -2.16. The molecule has 0 N–H and O–H groups in total. The molecule has 1 heteroatoms. The first kappa shape index (κ1) is 8.06. The van der Waals surface area contributed by atoms with Gasteiger partial charge in [0.15, 0.2) is 0 Å². The molecule has 0 aromatic carbocycles. The zero-order chi connectivity index (χ0) is 7.61. The minimum atomic E-state index is 0.439. The Kier molecular flexibility index (Phi) is 2.35. The zero-order valence-corrected chi connectivity index (χ0v) is 7.31. The van der Waals surface area contributed by atoms with E-state index >= 15 is 0 Å². The van der Waals surface area contributed by atoms with Crippen LogP contribution in [-0.2, 0) is 4.74 Å². The maximum Gasteiger partial charge on any atom is 0.0581 e. The predicted octanol–water partition coefficient (Wildman–Crippen LogP) is 2.60. The molecule has 0 spiro atoms. The van der Waals surface area contributed by atoms with Gasteiger partial charge in [0.2, 0.25) is 0 Å². The third-order valence-corrected chi connectivity index (χ3v) is 1.86. The van der Waals surface area contributed by atoms with Crippen molar-refractivity contribution in [1.29, 1.82) is 0 Å². The number of ether oxygens (including phenoxy) is 1. The predicted molar refractivity (Wildman–Crippen MR) is 43.0 cm³/mol. The highest BCUT2D eigenvalue weighted by Gasteiger charge is 2.21. The lowest BCUT2D eigenvalue weighted by atomic mass is 9.88. The summed E-state index contributed by atoms with van der Waals surface area (Å²) >= 11 is 0. The van der Waals surface area contributed by atoms with Crippen molar-refractivity contribution in [3.05, 3.63) is 0 Å². The van der Waals surface area contributed by atoms with E-state index in [1.54, 1.807) is 0 Å². The summed E-state index contributed by atoms with van der Waals surface area (Å²) in [6.07, 6.45) is 4.31. The van der Waals surface area contributed by atoms with Crippen LogP contribution in [-0.4, -0.2) is 12.7 Å². The summed E-state index contributed by atoms with van der Waals surface area (Å²) in [5.41, 5.74) is 0.439. The average molecular weight is 142 g/mol. The van der Waals surface area contributed by atoms with Crippen LogP contribution < -0.4 is 0 Å². The van der Waals surface area contributed by atoms with Crippen molar-refractivity contribution in [2.75, 3.05) is 6.61 Å². The van der Waals surface area contributed by atoms with Crippen molar-refractivity contribution in [2.45, 2.75) is 46.1 Å². The van der Waals surface area contributed by atoms with Crippen LogP contribution in [0.1, 0.15) is 40.0 Å². The molecule has 1 rings (SSSR count).